The van der Waals surface area contributed by atoms with Crippen molar-refractivity contribution in [3.8, 4) is 0 Å². The first-order valence-corrected chi connectivity index (χ1v) is 5.53. The molecule has 0 aliphatic carbocycles. The predicted octanol–water partition coefficient (Wildman–Crippen LogP) is -0.702. The fraction of sp³-hybridized carbons (Fsp3) is 0.900. The molecule has 5 nitrogen and oxygen atoms in total. The third kappa shape index (κ3) is 5.11. The lowest BCUT2D eigenvalue weighted by Crippen LogP contribution is -2.48. The molecule has 1 aliphatic heterocycles. The highest BCUT2D eigenvalue weighted by molar-refractivity contribution is 5.69. The van der Waals surface area contributed by atoms with Crippen LogP contribution in [0.15, 0.2) is 0 Å². The molecule has 0 aromatic carbocycles. The Morgan fingerprint density at radius 1 is 1.27 bits per heavy atom. The molecule has 0 atom stereocenters. The van der Waals surface area contributed by atoms with Crippen LogP contribution in [-0.4, -0.2) is 73.7 Å². The number of hydrogen-bond donors (Lipinski definition) is 2. The number of carboxylic acid groups (broad SMARTS) is 1. The Morgan fingerprint density at radius 3 is 2.40 bits per heavy atom. The molecular formula is C10H21N3O2. The van der Waals surface area contributed by atoms with E-state index in [9.17, 15) is 4.79 Å². The molecule has 0 bridgehead atoms. The average Bonchev–Trinajstić information content (AvgIpc) is 2.20. The van der Waals surface area contributed by atoms with Crippen molar-refractivity contribution in [1.29, 1.82) is 0 Å². The van der Waals surface area contributed by atoms with Gasteiger partial charge >= 0.3 is 5.97 Å². The van der Waals surface area contributed by atoms with Gasteiger partial charge in [0.25, 0.3) is 0 Å². The molecule has 88 valence electrons. The Labute approximate surface area is 91.0 Å². The lowest BCUT2D eigenvalue weighted by atomic mass is 10.3. The van der Waals surface area contributed by atoms with Crippen LogP contribution < -0.4 is 5.32 Å². The highest BCUT2D eigenvalue weighted by Crippen LogP contribution is 2.01. The molecule has 1 saturated heterocycles. The number of aliphatic carboxylic acids is 1. The summed E-state index contributed by atoms with van der Waals surface area (Å²) < 4.78 is 0. The molecule has 1 fully saturated rings. The topological polar surface area (TPSA) is 55.8 Å². The Balaban J connectivity index is 2.10. The lowest BCUT2D eigenvalue weighted by Gasteiger charge is -2.33. The minimum absolute atomic E-state index is 0.185. The van der Waals surface area contributed by atoms with E-state index >= 15 is 0 Å². The molecule has 1 rings (SSSR count). The zero-order chi connectivity index (χ0) is 11.1. The van der Waals surface area contributed by atoms with Crippen molar-refractivity contribution in [3.63, 3.8) is 0 Å². The van der Waals surface area contributed by atoms with E-state index in [2.05, 4.69) is 10.2 Å². The fourth-order valence-corrected chi connectivity index (χ4v) is 1.84. The van der Waals surface area contributed by atoms with Crippen molar-refractivity contribution >= 4 is 5.97 Å². The maximum absolute atomic E-state index is 10.5. The Bertz CT molecular complexity index is 191. The van der Waals surface area contributed by atoms with Crippen LogP contribution in [0.5, 0.6) is 0 Å². The molecule has 15 heavy (non-hydrogen) atoms. The van der Waals surface area contributed by atoms with Crippen LogP contribution >= 0.6 is 0 Å². The summed E-state index contributed by atoms with van der Waals surface area (Å²) in [4.78, 5) is 14.9. The van der Waals surface area contributed by atoms with Crippen molar-refractivity contribution in [2.45, 2.75) is 6.42 Å². The summed E-state index contributed by atoms with van der Waals surface area (Å²) in [5.74, 6) is -0.723. The summed E-state index contributed by atoms with van der Waals surface area (Å²) in [6.07, 6.45) is 1.16. The van der Waals surface area contributed by atoms with Gasteiger partial charge in [-0.25, -0.2) is 0 Å². The first kappa shape index (κ1) is 12.4. The largest absolute Gasteiger partial charge is 0.480 e. The predicted molar refractivity (Wildman–Crippen MR) is 59.1 cm³/mol. The third-order valence-electron chi connectivity index (χ3n) is 2.72. The van der Waals surface area contributed by atoms with Gasteiger partial charge < -0.3 is 15.3 Å². The molecule has 0 spiro atoms. The SMILES string of the molecule is CNCCCN1CCN(CC(=O)O)CC1. The van der Waals surface area contributed by atoms with Gasteiger partial charge in [-0.2, -0.15) is 0 Å². The smallest absolute Gasteiger partial charge is 0.317 e. The van der Waals surface area contributed by atoms with Gasteiger partial charge in [0, 0.05) is 26.2 Å². The Morgan fingerprint density at radius 2 is 1.87 bits per heavy atom. The number of hydrogen-bond acceptors (Lipinski definition) is 4. The van der Waals surface area contributed by atoms with Crippen molar-refractivity contribution in [3.05, 3.63) is 0 Å². The van der Waals surface area contributed by atoms with Crippen LogP contribution in [0.3, 0.4) is 0 Å². The van der Waals surface area contributed by atoms with Crippen molar-refractivity contribution < 1.29 is 9.90 Å². The van der Waals surface area contributed by atoms with Gasteiger partial charge in [0.1, 0.15) is 0 Å². The monoisotopic (exact) mass is 215 g/mol. The quantitative estimate of drug-likeness (QED) is 0.574. The van der Waals surface area contributed by atoms with E-state index in [4.69, 9.17) is 5.11 Å². The first-order chi connectivity index (χ1) is 7.22. The molecule has 0 radical (unpaired) electrons. The lowest BCUT2D eigenvalue weighted by molar-refractivity contribution is -0.138. The second-order valence-corrected chi connectivity index (χ2v) is 3.97. The molecule has 0 amide bonds. The molecule has 0 unspecified atom stereocenters. The second kappa shape index (κ2) is 6.76. The molecule has 0 aromatic heterocycles. The van der Waals surface area contributed by atoms with Gasteiger partial charge in [0.15, 0.2) is 0 Å². The average molecular weight is 215 g/mol. The van der Waals surface area contributed by atoms with E-state index < -0.39 is 5.97 Å². The summed E-state index contributed by atoms with van der Waals surface area (Å²) in [6, 6.07) is 0. The number of nitrogens with one attached hydrogen (secondary N) is 1. The van der Waals surface area contributed by atoms with Crippen LogP contribution in [0.1, 0.15) is 6.42 Å². The highest BCUT2D eigenvalue weighted by Gasteiger charge is 2.17. The number of nitrogens with zero attached hydrogens (tertiary/aromatic N) is 2. The van der Waals surface area contributed by atoms with E-state index in [0.717, 1.165) is 45.7 Å². The number of carbonyl (C=O) groups is 1. The molecule has 5 heteroatoms. The van der Waals surface area contributed by atoms with Gasteiger partial charge in [-0.15, -0.1) is 0 Å². The van der Waals surface area contributed by atoms with E-state index in [1.807, 2.05) is 11.9 Å². The van der Waals surface area contributed by atoms with Gasteiger partial charge in [-0.1, -0.05) is 0 Å². The summed E-state index contributed by atoms with van der Waals surface area (Å²) in [6.45, 7) is 6.10. The van der Waals surface area contributed by atoms with Gasteiger partial charge in [0.05, 0.1) is 6.54 Å². The standard InChI is InChI=1S/C10H21N3O2/c1-11-3-2-4-12-5-7-13(8-6-12)9-10(14)15/h11H,2-9H2,1H3,(H,14,15). The van der Waals surface area contributed by atoms with E-state index in [1.54, 1.807) is 0 Å². The minimum Gasteiger partial charge on any atom is -0.480 e. The van der Waals surface area contributed by atoms with Gasteiger partial charge in [-0.05, 0) is 26.6 Å². The molecule has 0 aromatic rings. The summed E-state index contributed by atoms with van der Waals surface area (Å²) in [5, 5.41) is 11.8. The zero-order valence-electron chi connectivity index (χ0n) is 9.41. The maximum atomic E-state index is 10.5. The Hall–Kier alpha value is -0.650. The van der Waals surface area contributed by atoms with Crippen molar-refractivity contribution in [2.75, 3.05) is 52.9 Å². The summed E-state index contributed by atoms with van der Waals surface area (Å²) >= 11 is 0. The van der Waals surface area contributed by atoms with E-state index in [0.29, 0.717) is 0 Å². The summed E-state index contributed by atoms with van der Waals surface area (Å²) in [5.41, 5.74) is 0. The molecule has 1 aliphatic rings. The highest BCUT2D eigenvalue weighted by atomic mass is 16.4. The first-order valence-electron chi connectivity index (χ1n) is 5.53. The van der Waals surface area contributed by atoms with Crippen LogP contribution in [0.2, 0.25) is 0 Å². The van der Waals surface area contributed by atoms with Crippen LogP contribution in [0.4, 0.5) is 0 Å². The zero-order valence-corrected chi connectivity index (χ0v) is 9.41. The van der Waals surface area contributed by atoms with Crippen molar-refractivity contribution in [2.24, 2.45) is 0 Å². The third-order valence-corrected chi connectivity index (χ3v) is 2.72. The molecule has 1 heterocycles. The normalized spacial score (nSPS) is 19.3. The number of carboxylic acids is 1. The van der Waals surface area contributed by atoms with E-state index in [1.165, 1.54) is 0 Å². The molecular weight excluding hydrogens is 194 g/mol. The van der Waals surface area contributed by atoms with E-state index in [-0.39, 0.29) is 6.54 Å². The maximum Gasteiger partial charge on any atom is 0.317 e. The number of rotatable bonds is 6. The Kier molecular flexibility index (Phi) is 5.60. The molecule has 2 N–H and O–H groups in total. The van der Waals surface area contributed by atoms with Crippen LogP contribution in [-0.2, 0) is 4.79 Å². The fourth-order valence-electron chi connectivity index (χ4n) is 1.84. The number of piperazine rings is 1. The van der Waals surface area contributed by atoms with Gasteiger partial charge in [0.2, 0.25) is 0 Å². The summed E-state index contributed by atoms with van der Waals surface area (Å²) in [7, 11) is 1.96. The van der Waals surface area contributed by atoms with Crippen LogP contribution in [0.25, 0.3) is 0 Å². The second-order valence-electron chi connectivity index (χ2n) is 3.97. The van der Waals surface area contributed by atoms with Crippen molar-refractivity contribution in [1.82, 2.24) is 15.1 Å². The van der Waals surface area contributed by atoms with Crippen LogP contribution in [0, 0.1) is 0 Å². The van der Waals surface area contributed by atoms with Gasteiger partial charge in [-0.3, -0.25) is 9.69 Å². The molecule has 0 saturated carbocycles. The minimum atomic E-state index is -0.723.